The zero-order valence-corrected chi connectivity index (χ0v) is 9.25. The lowest BCUT2D eigenvalue weighted by molar-refractivity contribution is 0.634. The van der Waals surface area contributed by atoms with Gasteiger partial charge in [0.25, 0.3) is 0 Å². The summed E-state index contributed by atoms with van der Waals surface area (Å²) in [6, 6.07) is 0. The van der Waals surface area contributed by atoms with Crippen molar-refractivity contribution in [1.29, 1.82) is 0 Å². The predicted octanol–water partition coefficient (Wildman–Crippen LogP) is 4.83. The third kappa shape index (κ3) is 6.94. The maximum absolute atomic E-state index is 2.45. The van der Waals surface area contributed by atoms with Gasteiger partial charge in [-0.05, 0) is 38.5 Å². The summed E-state index contributed by atoms with van der Waals surface area (Å²) in [5.41, 5.74) is 0. The van der Waals surface area contributed by atoms with E-state index >= 15 is 0 Å². The van der Waals surface area contributed by atoms with Gasteiger partial charge in [0.15, 0.2) is 0 Å². The van der Waals surface area contributed by atoms with Crippen molar-refractivity contribution in [2.45, 2.75) is 57.8 Å². The van der Waals surface area contributed by atoms with Gasteiger partial charge in [0, 0.05) is 0 Å². The Hall–Kier alpha value is -0.520. The van der Waals surface area contributed by atoms with Crippen molar-refractivity contribution >= 4 is 0 Å². The summed E-state index contributed by atoms with van der Waals surface area (Å²) >= 11 is 0. The van der Waals surface area contributed by atoms with E-state index in [1.807, 2.05) is 0 Å². The van der Waals surface area contributed by atoms with Gasteiger partial charge >= 0.3 is 0 Å². The van der Waals surface area contributed by atoms with Crippen LogP contribution >= 0.6 is 0 Å². The minimum atomic E-state index is 1.12. The highest BCUT2D eigenvalue weighted by atomic mass is 14.0. The highest BCUT2D eigenvalue weighted by Crippen LogP contribution is 2.10. The second-order valence-corrected chi connectivity index (χ2v) is 4.04. The third-order valence-corrected chi connectivity index (χ3v) is 2.67. The molecule has 0 aromatic heterocycles. The van der Waals surface area contributed by atoms with E-state index < -0.39 is 0 Å². The van der Waals surface area contributed by atoms with E-state index in [0.29, 0.717) is 0 Å². The van der Waals surface area contributed by atoms with E-state index in [2.05, 4.69) is 30.7 Å². The van der Waals surface area contributed by atoms with Crippen LogP contribution in [0.2, 0.25) is 0 Å². The molecular weight excluding hydrogens is 168 g/mol. The number of rotatable bonds is 0. The Kier molecular flexibility index (Phi) is 7.47. The van der Waals surface area contributed by atoms with E-state index in [9.17, 15) is 0 Å². The van der Waals surface area contributed by atoms with Gasteiger partial charge in [0.1, 0.15) is 0 Å². The predicted molar refractivity (Wildman–Crippen MR) is 64.1 cm³/mol. The van der Waals surface area contributed by atoms with Crippen molar-refractivity contribution in [3.8, 4) is 0 Å². The third-order valence-electron chi connectivity index (χ3n) is 2.67. The minimum Gasteiger partial charge on any atom is -0.0882 e. The molecular formula is C14H23. The number of hydrogen-bond acceptors (Lipinski definition) is 0. The van der Waals surface area contributed by atoms with Crippen molar-refractivity contribution in [2.24, 2.45) is 0 Å². The van der Waals surface area contributed by atoms with E-state index in [-0.39, 0.29) is 0 Å². The quantitative estimate of drug-likeness (QED) is 0.481. The van der Waals surface area contributed by atoms with Gasteiger partial charge in [0.2, 0.25) is 0 Å². The van der Waals surface area contributed by atoms with Gasteiger partial charge in [-0.25, -0.2) is 0 Å². The van der Waals surface area contributed by atoms with Crippen LogP contribution < -0.4 is 0 Å². The second kappa shape index (κ2) is 9.05. The van der Waals surface area contributed by atoms with Crippen LogP contribution in [0.1, 0.15) is 57.8 Å². The molecule has 0 fully saturated rings. The topological polar surface area (TPSA) is 0 Å². The normalized spacial score (nSPS) is 26.3. The molecule has 1 aliphatic carbocycles. The molecule has 0 spiro atoms. The molecule has 79 valence electrons. The smallest absolute Gasteiger partial charge is 0.0169 e. The van der Waals surface area contributed by atoms with Gasteiger partial charge in [-0.2, -0.15) is 0 Å². The molecule has 0 heterocycles. The lowest BCUT2D eigenvalue weighted by Gasteiger charge is -2.00. The lowest BCUT2D eigenvalue weighted by atomic mass is 10.1. The van der Waals surface area contributed by atoms with E-state index in [0.717, 1.165) is 6.42 Å². The van der Waals surface area contributed by atoms with Crippen LogP contribution in [0.5, 0.6) is 0 Å². The Labute approximate surface area is 89.1 Å². The molecule has 0 unspecified atom stereocenters. The Morgan fingerprint density at radius 2 is 1.21 bits per heavy atom. The van der Waals surface area contributed by atoms with Gasteiger partial charge in [-0.3, -0.25) is 0 Å². The molecule has 1 aliphatic rings. The Morgan fingerprint density at radius 3 is 2.07 bits per heavy atom. The van der Waals surface area contributed by atoms with Crippen molar-refractivity contribution in [1.82, 2.24) is 0 Å². The first-order chi connectivity index (χ1) is 7.00. The van der Waals surface area contributed by atoms with E-state index in [4.69, 9.17) is 0 Å². The summed E-state index contributed by atoms with van der Waals surface area (Å²) < 4.78 is 0. The molecule has 0 aliphatic heterocycles. The molecule has 0 saturated carbocycles. The molecule has 1 radical (unpaired) electrons. The summed E-state index contributed by atoms with van der Waals surface area (Å²) in [6.07, 6.45) is 23.5. The van der Waals surface area contributed by atoms with Gasteiger partial charge in [-0.1, -0.05) is 50.0 Å². The molecule has 0 heteroatoms. The van der Waals surface area contributed by atoms with Crippen molar-refractivity contribution in [3.63, 3.8) is 0 Å². The first kappa shape index (κ1) is 11.6. The summed E-state index contributed by atoms with van der Waals surface area (Å²) in [5, 5.41) is 0. The molecule has 1 rings (SSSR count). The molecule has 0 N–H and O–H groups in total. The zero-order chi connectivity index (χ0) is 9.90. The number of hydrogen-bond donors (Lipinski definition) is 0. The van der Waals surface area contributed by atoms with Crippen LogP contribution in [-0.2, 0) is 0 Å². The van der Waals surface area contributed by atoms with Crippen molar-refractivity contribution in [2.75, 3.05) is 0 Å². The fraction of sp³-hybridized carbons (Fsp3) is 0.643. The maximum atomic E-state index is 2.45. The Bertz CT molecular complexity index is 147. The van der Waals surface area contributed by atoms with Crippen molar-refractivity contribution in [3.05, 3.63) is 30.7 Å². The van der Waals surface area contributed by atoms with E-state index in [1.54, 1.807) is 0 Å². The molecule has 14 heavy (non-hydrogen) atoms. The molecule has 0 nitrogen and oxygen atoms in total. The first-order valence-corrected chi connectivity index (χ1v) is 6.12. The summed E-state index contributed by atoms with van der Waals surface area (Å²) in [6.45, 7) is 0. The number of allylic oxidation sites excluding steroid dienone is 4. The standard InChI is InChI=1S/C14H23/c1-2-4-6-8-10-12-14-13-11-9-7-5-3-1/h1-2,5,7-8H,3-4,6,9-14H2/b2-1-,7-5-. The highest BCUT2D eigenvalue weighted by Gasteiger charge is 1.91. The fourth-order valence-corrected chi connectivity index (χ4v) is 1.77. The summed E-state index contributed by atoms with van der Waals surface area (Å²) in [4.78, 5) is 0. The molecule has 0 atom stereocenters. The van der Waals surface area contributed by atoms with Crippen molar-refractivity contribution < 1.29 is 0 Å². The second-order valence-electron chi connectivity index (χ2n) is 4.04. The Morgan fingerprint density at radius 1 is 0.500 bits per heavy atom. The maximum Gasteiger partial charge on any atom is -0.0169 e. The van der Waals surface area contributed by atoms with Crippen LogP contribution in [0.15, 0.2) is 24.3 Å². The van der Waals surface area contributed by atoms with Crippen LogP contribution in [0.25, 0.3) is 0 Å². The molecule has 0 aromatic carbocycles. The van der Waals surface area contributed by atoms with Gasteiger partial charge in [0.05, 0.1) is 0 Å². The highest BCUT2D eigenvalue weighted by molar-refractivity contribution is 4.93. The zero-order valence-electron chi connectivity index (χ0n) is 9.25. The monoisotopic (exact) mass is 191 g/mol. The summed E-state index contributed by atoms with van der Waals surface area (Å²) in [5.74, 6) is 0. The molecule has 0 bridgehead atoms. The largest absolute Gasteiger partial charge is 0.0882 e. The average Bonchev–Trinajstić information content (AvgIpc) is 2.22. The lowest BCUT2D eigenvalue weighted by Crippen LogP contribution is -1.81. The Balaban J connectivity index is 2.17. The van der Waals surface area contributed by atoms with Crippen LogP contribution in [0.3, 0.4) is 0 Å². The van der Waals surface area contributed by atoms with Crippen LogP contribution in [0, 0.1) is 6.42 Å². The van der Waals surface area contributed by atoms with Crippen LogP contribution in [-0.4, -0.2) is 0 Å². The molecule has 0 saturated heterocycles. The fourth-order valence-electron chi connectivity index (χ4n) is 1.77. The van der Waals surface area contributed by atoms with Crippen LogP contribution in [0.4, 0.5) is 0 Å². The molecule has 0 amide bonds. The first-order valence-electron chi connectivity index (χ1n) is 6.12. The minimum absolute atomic E-state index is 1.12. The van der Waals surface area contributed by atoms with Gasteiger partial charge < -0.3 is 0 Å². The average molecular weight is 191 g/mol. The summed E-state index contributed by atoms with van der Waals surface area (Å²) in [7, 11) is 0. The van der Waals surface area contributed by atoms with Gasteiger partial charge in [-0.15, -0.1) is 0 Å². The molecule has 0 aromatic rings. The SMILES string of the molecule is [CH]1CC/C=C\C/C=C\CCCCCC1. The van der Waals surface area contributed by atoms with E-state index in [1.165, 1.54) is 51.4 Å².